The van der Waals surface area contributed by atoms with Gasteiger partial charge in [-0.2, -0.15) is 0 Å². The Morgan fingerprint density at radius 2 is 2.00 bits per heavy atom. The van der Waals surface area contributed by atoms with E-state index in [1.165, 1.54) is 5.56 Å². The molecule has 1 aromatic carbocycles. The number of hydrogen-bond donors (Lipinski definition) is 0. The largest absolute Gasteiger partial charge is 0.260 e. The third-order valence-electron chi connectivity index (χ3n) is 2.43. The molecule has 1 unspecified atom stereocenters. The molecule has 0 saturated heterocycles. The van der Waals surface area contributed by atoms with Crippen LogP contribution in [0.3, 0.4) is 0 Å². The third-order valence-corrected chi connectivity index (χ3v) is 4.29. The first-order chi connectivity index (χ1) is 8.40. The summed E-state index contributed by atoms with van der Waals surface area (Å²) < 4.78 is 0. The summed E-state index contributed by atoms with van der Waals surface area (Å²) in [6, 6.07) is 10.5. The Morgan fingerprint density at radius 3 is 2.65 bits per heavy atom. The molecule has 17 heavy (non-hydrogen) atoms. The monoisotopic (exact) mass is 308 g/mol. The van der Waals surface area contributed by atoms with E-state index in [2.05, 4.69) is 50.2 Å². The zero-order chi connectivity index (χ0) is 11.9. The van der Waals surface area contributed by atoms with Gasteiger partial charge in [0.1, 0.15) is 5.03 Å². The number of thioether (sulfide) groups is 1. The number of hydrogen-bond acceptors (Lipinski definition) is 3. The molecular formula is C13H13BrN2S. The summed E-state index contributed by atoms with van der Waals surface area (Å²) in [6.45, 7) is 0. The lowest BCUT2D eigenvalue weighted by atomic mass is 10.0. The predicted molar refractivity (Wildman–Crippen MR) is 75.7 cm³/mol. The molecule has 0 aliphatic rings. The Morgan fingerprint density at radius 1 is 1.18 bits per heavy atom. The van der Waals surface area contributed by atoms with Crippen LogP contribution in [0.5, 0.6) is 0 Å². The molecule has 0 radical (unpaired) electrons. The van der Waals surface area contributed by atoms with E-state index in [0.29, 0.717) is 5.92 Å². The number of alkyl halides is 1. The summed E-state index contributed by atoms with van der Waals surface area (Å²) >= 11 is 5.32. The Balaban J connectivity index is 1.97. The number of halogens is 1. The Hall–Kier alpha value is -0.870. The van der Waals surface area contributed by atoms with Gasteiger partial charge in [0.2, 0.25) is 0 Å². The average molecular weight is 309 g/mol. The molecule has 0 aliphatic carbocycles. The molecule has 0 amide bonds. The topological polar surface area (TPSA) is 25.8 Å². The summed E-state index contributed by atoms with van der Waals surface area (Å²) in [6.07, 6.45) is 5.23. The van der Waals surface area contributed by atoms with Crippen molar-refractivity contribution < 1.29 is 0 Å². The molecule has 2 nitrogen and oxygen atoms in total. The van der Waals surface area contributed by atoms with E-state index < -0.39 is 0 Å². The van der Waals surface area contributed by atoms with Crippen molar-refractivity contribution in [1.29, 1.82) is 0 Å². The van der Waals surface area contributed by atoms with Gasteiger partial charge >= 0.3 is 0 Å². The SMILES string of the molecule is BrCC(CSc1cnccn1)c1ccccc1. The summed E-state index contributed by atoms with van der Waals surface area (Å²) in [7, 11) is 0. The summed E-state index contributed by atoms with van der Waals surface area (Å²) in [5, 5.41) is 1.94. The highest BCUT2D eigenvalue weighted by atomic mass is 79.9. The van der Waals surface area contributed by atoms with Gasteiger partial charge < -0.3 is 0 Å². The van der Waals surface area contributed by atoms with Crippen LogP contribution < -0.4 is 0 Å². The van der Waals surface area contributed by atoms with Crippen molar-refractivity contribution >= 4 is 27.7 Å². The fraction of sp³-hybridized carbons (Fsp3) is 0.231. The maximum Gasteiger partial charge on any atom is 0.114 e. The van der Waals surface area contributed by atoms with Crippen LogP contribution in [0.2, 0.25) is 0 Å². The lowest BCUT2D eigenvalue weighted by Crippen LogP contribution is -2.03. The Labute approximate surface area is 114 Å². The molecule has 1 aromatic heterocycles. The van der Waals surface area contributed by atoms with Crippen molar-refractivity contribution in [3.8, 4) is 0 Å². The average Bonchev–Trinajstić information content (AvgIpc) is 2.42. The smallest absolute Gasteiger partial charge is 0.114 e. The van der Waals surface area contributed by atoms with E-state index in [4.69, 9.17) is 0 Å². The molecule has 0 aliphatic heterocycles. The van der Waals surface area contributed by atoms with E-state index in [1.54, 1.807) is 30.4 Å². The standard InChI is InChI=1S/C13H13BrN2S/c14-8-12(11-4-2-1-3-5-11)10-17-13-9-15-6-7-16-13/h1-7,9,12H,8,10H2. The maximum absolute atomic E-state index is 4.26. The van der Waals surface area contributed by atoms with Crippen molar-refractivity contribution in [2.45, 2.75) is 10.9 Å². The zero-order valence-electron chi connectivity index (χ0n) is 9.29. The van der Waals surface area contributed by atoms with Crippen LogP contribution in [-0.2, 0) is 0 Å². The second-order valence-electron chi connectivity index (χ2n) is 3.62. The summed E-state index contributed by atoms with van der Waals surface area (Å²) in [5.41, 5.74) is 1.36. The van der Waals surface area contributed by atoms with Crippen LogP contribution in [0.25, 0.3) is 0 Å². The van der Waals surface area contributed by atoms with Crippen LogP contribution in [-0.4, -0.2) is 21.1 Å². The van der Waals surface area contributed by atoms with Gasteiger partial charge in [-0.25, -0.2) is 4.98 Å². The highest BCUT2D eigenvalue weighted by molar-refractivity contribution is 9.09. The normalized spacial score (nSPS) is 12.3. The minimum absolute atomic E-state index is 0.503. The number of rotatable bonds is 5. The summed E-state index contributed by atoms with van der Waals surface area (Å²) in [5.74, 6) is 1.51. The third kappa shape index (κ3) is 3.82. The molecular weight excluding hydrogens is 296 g/mol. The van der Waals surface area contributed by atoms with Crippen LogP contribution in [0, 0.1) is 0 Å². The lowest BCUT2D eigenvalue weighted by Gasteiger charge is -2.13. The maximum atomic E-state index is 4.26. The molecule has 1 heterocycles. The van der Waals surface area contributed by atoms with Gasteiger partial charge in [-0.1, -0.05) is 46.3 Å². The van der Waals surface area contributed by atoms with Gasteiger partial charge in [-0.05, 0) is 5.56 Å². The molecule has 0 spiro atoms. The molecule has 0 saturated carbocycles. The number of nitrogens with zero attached hydrogens (tertiary/aromatic N) is 2. The second-order valence-corrected chi connectivity index (χ2v) is 5.30. The first kappa shape index (κ1) is 12.6. The van der Waals surface area contributed by atoms with Gasteiger partial charge in [0.05, 0.1) is 6.20 Å². The molecule has 2 aromatic rings. The van der Waals surface area contributed by atoms with Crippen LogP contribution in [0.1, 0.15) is 11.5 Å². The summed E-state index contributed by atoms with van der Waals surface area (Å²) in [4.78, 5) is 8.33. The van der Waals surface area contributed by atoms with Crippen molar-refractivity contribution in [2.75, 3.05) is 11.1 Å². The highest BCUT2D eigenvalue weighted by Gasteiger charge is 2.10. The van der Waals surface area contributed by atoms with Crippen LogP contribution in [0.15, 0.2) is 53.9 Å². The van der Waals surface area contributed by atoms with Gasteiger partial charge in [0.25, 0.3) is 0 Å². The molecule has 2 rings (SSSR count). The minimum atomic E-state index is 0.503. The first-order valence-corrected chi connectivity index (χ1v) is 7.50. The van der Waals surface area contributed by atoms with Crippen molar-refractivity contribution in [3.05, 3.63) is 54.5 Å². The Kier molecular flexibility index (Phi) is 5.01. The molecule has 0 bridgehead atoms. The van der Waals surface area contributed by atoms with Gasteiger partial charge in [-0.3, -0.25) is 4.98 Å². The zero-order valence-corrected chi connectivity index (χ0v) is 11.7. The number of aromatic nitrogens is 2. The Bertz CT molecular complexity index is 436. The quantitative estimate of drug-likeness (QED) is 0.621. The fourth-order valence-electron chi connectivity index (χ4n) is 1.50. The molecule has 88 valence electrons. The van der Waals surface area contributed by atoms with Gasteiger partial charge in [-0.15, -0.1) is 11.8 Å². The van der Waals surface area contributed by atoms with Crippen molar-refractivity contribution in [1.82, 2.24) is 9.97 Å². The molecule has 1 atom stereocenters. The van der Waals surface area contributed by atoms with E-state index in [0.717, 1.165) is 16.1 Å². The molecule has 4 heteroatoms. The molecule has 0 N–H and O–H groups in total. The predicted octanol–water partition coefficient (Wildman–Crippen LogP) is 3.75. The van der Waals surface area contributed by atoms with Crippen molar-refractivity contribution in [2.24, 2.45) is 0 Å². The van der Waals surface area contributed by atoms with E-state index in [9.17, 15) is 0 Å². The van der Waals surface area contributed by atoms with E-state index >= 15 is 0 Å². The van der Waals surface area contributed by atoms with Crippen LogP contribution >= 0.6 is 27.7 Å². The fourth-order valence-corrected chi connectivity index (χ4v) is 3.36. The van der Waals surface area contributed by atoms with Gasteiger partial charge in [0.15, 0.2) is 0 Å². The molecule has 0 fully saturated rings. The van der Waals surface area contributed by atoms with E-state index in [-0.39, 0.29) is 0 Å². The first-order valence-electron chi connectivity index (χ1n) is 5.40. The minimum Gasteiger partial charge on any atom is -0.260 e. The van der Waals surface area contributed by atoms with E-state index in [1.807, 2.05) is 6.07 Å². The second kappa shape index (κ2) is 6.77. The van der Waals surface area contributed by atoms with Crippen LogP contribution in [0.4, 0.5) is 0 Å². The number of benzene rings is 1. The highest BCUT2D eigenvalue weighted by Crippen LogP contribution is 2.25. The lowest BCUT2D eigenvalue weighted by molar-refractivity contribution is 0.898. The van der Waals surface area contributed by atoms with Crippen molar-refractivity contribution in [3.63, 3.8) is 0 Å². The van der Waals surface area contributed by atoms with Gasteiger partial charge in [0, 0.05) is 29.4 Å².